The summed E-state index contributed by atoms with van der Waals surface area (Å²) in [5.41, 5.74) is 2.92. The zero-order valence-electron chi connectivity index (χ0n) is 16.8. The number of morpholine rings is 1. The van der Waals surface area contributed by atoms with Gasteiger partial charge in [-0.15, -0.1) is 0 Å². The van der Waals surface area contributed by atoms with E-state index in [1.807, 2.05) is 12.1 Å². The Kier molecular flexibility index (Phi) is 5.04. The molecule has 2 aliphatic heterocycles. The van der Waals surface area contributed by atoms with E-state index >= 15 is 0 Å². The lowest BCUT2D eigenvalue weighted by Gasteiger charge is -2.37. The van der Waals surface area contributed by atoms with Crippen molar-refractivity contribution in [1.82, 2.24) is 4.31 Å². The Labute approximate surface area is 180 Å². The molecule has 2 aromatic rings. The van der Waals surface area contributed by atoms with Crippen LogP contribution >= 0.6 is 0 Å². The van der Waals surface area contributed by atoms with Gasteiger partial charge >= 0.3 is 0 Å². The van der Waals surface area contributed by atoms with Gasteiger partial charge in [-0.05, 0) is 41.7 Å². The molecule has 5 rings (SSSR count). The van der Waals surface area contributed by atoms with E-state index in [2.05, 4.69) is 17.5 Å². The van der Waals surface area contributed by atoms with Gasteiger partial charge in [-0.1, -0.05) is 24.3 Å². The second-order valence-corrected chi connectivity index (χ2v) is 10.0. The molecule has 0 saturated carbocycles. The molecule has 1 N–H and O–H groups in total. The second-order valence-electron chi connectivity index (χ2n) is 8.09. The highest BCUT2D eigenvalue weighted by atomic mass is 32.2. The van der Waals surface area contributed by atoms with Crippen LogP contribution in [0.5, 0.6) is 0 Å². The summed E-state index contributed by atoms with van der Waals surface area (Å²) in [6.45, 7) is 1.56. The SMILES string of the molecule is O=[N+]([O-])c1ccc2c(c1)[C@H]1C=CC[C@@H]1[C@@H](c1ccc(S(=O)(=O)N3CCOCC3)cc1)N2. The van der Waals surface area contributed by atoms with Crippen LogP contribution in [0.4, 0.5) is 11.4 Å². The van der Waals surface area contributed by atoms with Crippen LogP contribution in [0.1, 0.15) is 29.5 Å². The molecule has 162 valence electrons. The standard InChI is InChI=1S/C22H23N3O5S/c26-25(27)16-6-9-21-20(14-16)18-2-1-3-19(18)22(23-21)15-4-7-17(8-5-15)31(28,29)24-10-12-30-13-11-24/h1-2,4-9,14,18-19,22-23H,3,10-13H2/t18-,19-,22+/m0/s1. The highest BCUT2D eigenvalue weighted by Gasteiger charge is 2.38. The molecular formula is C22H23N3O5S. The Morgan fingerprint density at radius 1 is 1.10 bits per heavy atom. The zero-order valence-corrected chi connectivity index (χ0v) is 17.6. The number of nitrogens with one attached hydrogen (secondary N) is 1. The molecule has 1 saturated heterocycles. The lowest BCUT2D eigenvalue weighted by Crippen LogP contribution is -2.40. The number of non-ortho nitro benzene ring substituents is 1. The van der Waals surface area contributed by atoms with Crippen LogP contribution in [0.15, 0.2) is 59.5 Å². The van der Waals surface area contributed by atoms with Crippen LogP contribution in [0, 0.1) is 16.0 Å². The van der Waals surface area contributed by atoms with Crippen molar-refractivity contribution in [1.29, 1.82) is 0 Å². The summed E-state index contributed by atoms with van der Waals surface area (Å²) in [6.07, 6.45) is 5.10. The number of benzene rings is 2. The molecule has 0 unspecified atom stereocenters. The molecule has 31 heavy (non-hydrogen) atoms. The van der Waals surface area contributed by atoms with E-state index in [-0.39, 0.29) is 33.4 Å². The minimum Gasteiger partial charge on any atom is -0.379 e. The van der Waals surface area contributed by atoms with Crippen molar-refractivity contribution in [3.63, 3.8) is 0 Å². The van der Waals surface area contributed by atoms with Gasteiger partial charge in [0, 0.05) is 36.8 Å². The van der Waals surface area contributed by atoms with Crippen LogP contribution < -0.4 is 5.32 Å². The van der Waals surface area contributed by atoms with Gasteiger partial charge in [0.25, 0.3) is 5.69 Å². The Bertz CT molecular complexity index is 1140. The van der Waals surface area contributed by atoms with Crippen molar-refractivity contribution in [3.05, 3.63) is 75.9 Å². The first-order chi connectivity index (χ1) is 14.9. The van der Waals surface area contributed by atoms with Crippen LogP contribution in [0.2, 0.25) is 0 Å². The Morgan fingerprint density at radius 3 is 2.55 bits per heavy atom. The molecule has 8 nitrogen and oxygen atoms in total. The third kappa shape index (κ3) is 3.52. The maximum atomic E-state index is 12.9. The van der Waals surface area contributed by atoms with Gasteiger partial charge in [0.15, 0.2) is 0 Å². The fraction of sp³-hybridized carbons (Fsp3) is 0.364. The Balaban J connectivity index is 1.44. The van der Waals surface area contributed by atoms with Crippen LogP contribution in [0.25, 0.3) is 0 Å². The van der Waals surface area contributed by atoms with E-state index in [4.69, 9.17) is 4.74 Å². The quantitative estimate of drug-likeness (QED) is 0.443. The van der Waals surface area contributed by atoms with Gasteiger partial charge in [-0.25, -0.2) is 8.42 Å². The van der Waals surface area contributed by atoms with Crippen LogP contribution in [0.3, 0.4) is 0 Å². The molecule has 0 amide bonds. The number of fused-ring (bicyclic) bond motifs is 3. The van der Waals surface area contributed by atoms with E-state index in [0.717, 1.165) is 23.2 Å². The molecule has 1 aliphatic carbocycles. The number of anilines is 1. The number of nitro benzene ring substituents is 1. The third-order valence-electron chi connectivity index (χ3n) is 6.40. The topological polar surface area (TPSA) is 102 Å². The summed E-state index contributed by atoms with van der Waals surface area (Å²) >= 11 is 0. The van der Waals surface area contributed by atoms with E-state index in [1.165, 1.54) is 10.4 Å². The Hall–Kier alpha value is -2.75. The highest BCUT2D eigenvalue weighted by molar-refractivity contribution is 7.89. The number of rotatable bonds is 4. The zero-order chi connectivity index (χ0) is 21.6. The van der Waals surface area contributed by atoms with Gasteiger partial charge in [0.2, 0.25) is 10.0 Å². The van der Waals surface area contributed by atoms with E-state index in [1.54, 1.807) is 24.3 Å². The number of hydrogen-bond acceptors (Lipinski definition) is 6. The first-order valence-electron chi connectivity index (χ1n) is 10.3. The predicted molar refractivity (Wildman–Crippen MR) is 115 cm³/mol. The molecule has 0 radical (unpaired) electrons. The van der Waals surface area contributed by atoms with Crippen molar-refractivity contribution < 1.29 is 18.1 Å². The molecule has 1 fully saturated rings. The first kappa shape index (κ1) is 20.2. The summed E-state index contributed by atoms with van der Waals surface area (Å²) in [5.74, 6) is 0.314. The summed E-state index contributed by atoms with van der Waals surface area (Å²) in [6, 6.07) is 12.0. The van der Waals surface area contributed by atoms with Crippen molar-refractivity contribution in [2.75, 3.05) is 31.6 Å². The smallest absolute Gasteiger partial charge is 0.269 e. The fourth-order valence-corrected chi connectivity index (χ4v) is 6.22. The number of nitro groups is 1. The summed E-state index contributed by atoms with van der Waals surface area (Å²) < 4.78 is 32.5. The van der Waals surface area contributed by atoms with Crippen molar-refractivity contribution in [2.24, 2.45) is 5.92 Å². The minimum absolute atomic E-state index is 0.00547. The largest absolute Gasteiger partial charge is 0.379 e. The average Bonchev–Trinajstić information content (AvgIpc) is 3.29. The highest BCUT2D eigenvalue weighted by Crippen LogP contribution is 2.50. The molecule has 3 aliphatic rings. The maximum Gasteiger partial charge on any atom is 0.269 e. The average molecular weight is 442 g/mol. The summed E-state index contributed by atoms with van der Waals surface area (Å²) in [4.78, 5) is 11.1. The van der Waals surface area contributed by atoms with Crippen LogP contribution in [-0.4, -0.2) is 43.9 Å². The van der Waals surface area contributed by atoms with E-state index in [0.29, 0.717) is 26.3 Å². The number of allylic oxidation sites excluding steroid dienone is 2. The maximum absolute atomic E-state index is 12.9. The third-order valence-corrected chi connectivity index (χ3v) is 8.32. The lowest BCUT2D eigenvalue weighted by atomic mass is 9.77. The molecule has 0 spiro atoms. The molecule has 2 aromatic carbocycles. The monoisotopic (exact) mass is 441 g/mol. The minimum atomic E-state index is -3.53. The predicted octanol–water partition coefficient (Wildman–Crippen LogP) is 3.44. The van der Waals surface area contributed by atoms with Gasteiger partial charge in [0.05, 0.1) is 29.1 Å². The molecule has 0 aromatic heterocycles. The number of ether oxygens (including phenoxy) is 1. The molecule has 0 bridgehead atoms. The Morgan fingerprint density at radius 2 is 1.84 bits per heavy atom. The van der Waals surface area contributed by atoms with Gasteiger partial charge in [0.1, 0.15) is 0 Å². The molecule has 3 atom stereocenters. The van der Waals surface area contributed by atoms with Gasteiger partial charge in [-0.3, -0.25) is 10.1 Å². The number of nitrogens with zero attached hydrogens (tertiary/aromatic N) is 2. The van der Waals surface area contributed by atoms with Crippen molar-refractivity contribution >= 4 is 21.4 Å². The number of sulfonamides is 1. The van der Waals surface area contributed by atoms with Crippen molar-refractivity contribution in [2.45, 2.75) is 23.3 Å². The molecular weight excluding hydrogens is 418 g/mol. The van der Waals surface area contributed by atoms with E-state index < -0.39 is 10.0 Å². The number of hydrogen-bond donors (Lipinski definition) is 1. The molecule has 9 heteroatoms. The van der Waals surface area contributed by atoms with Gasteiger partial charge in [-0.2, -0.15) is 4.31 Å². The lowest BCUT2D eigenvalue weighted by molar-refractivity contribution is -0.384. The normalized spacial score (nSPS) is 25.5. The fourth-order valence-electron chi connectivity index (χ4n) is 4.81. The second kappa shape index (κ2) is 7.74. The van der Waals surface area contributed by atoms with Crippen molar-refractivity contribution in [3.8, 4) is 0 Å². The van der Waals surface area contributed by atoms with Crippen LogP contribution in [-0.2, 0) is 14.8 Å². The summed E-state index contributed by atoms with van der Waals surface area (Å²) in [7, 11) is -3.53. The molecule has 2 heterocycles. The van der Waals surface area contributed by atoms with E-state index in [9.17, 15) is 18.5 Å². The summed E-state index contributed by atoms with van der Waals surface area (Å²) in [5, 5.41) is 14.7. The van der Waals surface area contributed by atoms with Gasteiger partial charge < -0.3 is 10.1 Å². The first-order valence-corrected chi connectivity index (χ1v) is 11.8.